The molecule has 0 spiro atoms. The number of nitrogens with zero attached hydrogens (tertiary/aromatic N) is 3. The van der Waals surface area contributed by atoms with Crippen LogP contribution in [0.15, 0.2) is 24.3 Å². The van der Waals surface area contributed by atoms with Crippen LogP contribution in [0.25, 0.3) is 10.9 Å². The average molecular weight is 328 g/mol. The number of hydrogen-bond acceptors (Lipinski definition) is 4. The number of carbonyl (C=O) groups is 1. The molecular formula is C18H24N4O2. The lowest BCUT2D eigenvalue weighted by Gasteiger charge is -2.34. The molecule has 2 atom stereocenters. The largest absolute Gasteiger partial charge is 0.378 e. The second-order valence-corrected chi connectivity index (χ2v) is 6.77. The standard InChI is InChI=1S/C18H24N4O2/c1-21-15-8-4-3-7-13(15)17(20-21)18(23)19-14-11-24-12-16(14)22-9-5-2-6-10-22/h3-4,7-8,14,16H,2,5-6,9-12H2,1H3,(H,19,23)/t14-,16-/m1/s1. The van der Waals surface area contributed by atoms with Gasteiger partial charge in [-0.3, -0.25) is 14.4 Å². The molecule has 1 amide bonds. The number of amides is 1. The lowest BCUT2D eigenvalue weighted by atomic mass is 10.0. The van der Waals surface area contributed by atoms with Crippen molar-refractivity contribution in [3.63, 3.8) is 0 Å². The number of nitrogens with one attached hydrogen (secondary N) is 1. The predicted octanol–water partition coefficient (Wildman–Crippen LogP) is 1.56. The van der Waals surface area contributed by atoms with Gasteiger partial charge in [0, 0.05) is 12.4 Å². The molecule has 2 aliphatic heterocycles. The van der Waals surface area contributed by atoms with Crippen LogP contribution in [0.1, 0.15) is 29.8 Å². The molecule has 2 saturated heterocycles. The van der Waals surface area contributed by atoms with Crippen molar-refractivity contribution in [2.24, 2.45) is 7.05 Å². The molecule has 3 heterocycles. The van der Waals surface area contributed by atoms with E-state index in [1.165, 1.54) is 19.3 Å². The van der Waals surface area contributed by atoms with Crippen LogP contribution in [0.2, 0.25) is 0 Å². The van der Waals surface area contributed by atoms with Crippen LogP contribution in [-0.4, -0.2) is 59.0 Å². The molecule has 0 aliphatic carbocycles. The first-order valence-corrected chi connectivity index (χ1v) is 8.78. The second-order valence-electron chi connectivity index (χ2n) is 6.77. The third-order valence-corrected chi connectivity index (χ3v) is 5.20. The number of carbonyl (C=O) groups excluding carboxylic acids is 1. The van der Waals surface area contributed by atoms with E-state index in [9.17, 15) is 4.79 Å². The summed E-state index contributed by atoms with van der Waals surface area (Å²) in [6.45, 7) is 3.49. The van der Waals surface area contributed by atoms with Gasteiger partial charge in [0.15, 0.2) is 5.69 Å². The third kappa shape index (κ3) is 2.80. The molecule has 1 N–H and O–H groups in total. The molecule has 4 rings (SSSR count). The molecular weight excluding hydrogens is 304 g/mol. The Labute approximate surface area is 141 Å². The van der Waals surface area contributed by atoms with Gasteiger partial charge in [0.2, 0.25) is 0 Å². The fourth-order valence-electron chi connectivity index (χ4n) is 3.91. The highest BCUT2D eigenvalue weighted by Gasteiger charge is 2.35. The summed E-state index contributed by atoms with van der Waals surface area (Å²) in [4.78, 5) is 15.3. The average Bonchev–Trinajstić information content (AvgIpc) is 3.21. The Kier molecular flexibility index (Phi) is 4.24. The van der Waals surface area contributed by atoms with E-state index in [-0.39, 0.29) is 18.0 Å². The first kappa shape index (κ1) is 15.6. The molecule has 128 valence electrons. The molecule has 6 heteroatoms. The van der Waals surface area contributed by atoms with Gasteiger partial charge in [-0.15, -0.1) is 0 Å². The summed E-state index contributed by atoms with van der Waals surface area (Å²) in [5, 5.41) is 8.48. The molecule has 24 heavy (non-hydrogen) atoms. The first-order valence-electron chi connectivity index (χ1n) is 8.78. The van der Waals surface area contributed by atoms with E-state index in [4.69, 9.17) is 4.74 Å². The molecule has 0 bridgehead atoms. The van der Waals surface area contributed by atoms with Crippen LogP contribution in [0.3, 0.4) is 0 Å². The number of ether oxygens (including phenoxy) is 1. The summed E-state index contributed by atoms with van der Waals surface area (Å²) >= 11 is 0. The summed E-state index contributed by atoms with van der Waals surface area (Å²) in [5.41, 5.74) is 1.47. The summed E-state index contributed by atoms with van der Waals surface area (Å²) in [7, 11) is 1.87. The highest BCUT2D eigenvalue weighted by atomic mass is 16.5. The highest BCUT2D eigenvalue weighted by molar-refractivity contribution is 6.05. The van der Waals surface area contributed by atoms with E-state index in [1.807, 2.05) is 31.3 Å². The van der Waals surface area contributed by atoms with Gasteiger partial charge in [-0.25, -0.2) is 0 Å². The van der Waals surface area contributed by atoms with E-state index in [0.717, 1.165) is 24.0 Å². The van der Waals surface area contributed by atoms with Crippen molar-refractivity contribution < 1.29 is 9.53 Å². The monoisotopic (exact) mass is 328 g/mol. The summed E-state index contributed by atoms with van der Waals surface area (Å²) in [6.07, 6.45) is 3.78. The molecule has 6 nitrogen and oxygen atoms in total. The maximum absolute atomic E-state index is 12.8. The van der Waals surface area contributed by atoms with Crippen LogP contribution in [0, 0.1) is 0 Å². The summed E-state index contributed by atoms with van der Waals surface area (Å²) in [6, 6.07) is 8.15. The predicted molar refractivity (Wildman–Crippen MR) is 92.0 cm³/mol. The summed E-state index contributed by atoms with van der Waals surface area (Å²) < 4.78 is 7.43. The molecule has 0 unspecified atom stereocenters. The van der Waals surface area contributed by atoms with Crippen LogP contribution in [0.4, 0.5) is 0 Å². The number of aromatic nitrogens is 2. The molecule has 0 radical (unpaired) electrons. The number of aryl methyl sites for hydroxylation is 1. The number of rotatable bonds is 3. The number of likely N-dealkylation sites (tertiary alicyclic amines) is 1. The number of fused-ring (bicyclic) bond motifs is 1. The zero-order valence-electron chi connectivity index (χ0n) is 14.1. The fourth-order valence-corrected chi connectivity index (χ4v) is 3.91. The Hall–Kier alpha value is -1.92. The molecule has 1 aromatic carbocycles. The minimum Gasteiger partial charge on any atom is -0.378 e. The Morgan fingerprint density at radius 1 is 1.21 bits per heavy atom. The molecule has 2 aromatic rings. The number of piperidine rings is 1. The molecule has 2 fully saturated rings. The third-order valence-electron chi connectivity index (χ3n) is 5.20. The molecule has 2 aliphatic rings. The lowest BCUT2D eigenvalue weighted by molar-refractivity contribution is 0.0896. The van der Waals surface area contributed by atoms with Crippen LogP contribution in [-0.2, 0) is 11.8 Å². The fraction of sp³-hybridized carbons (Fsp3) is 0.556. The normalized spacial score (nSPS) is 25.2. The van der Waals surface area contributed by atoms with E-state index in [1.54, 1.807) is 4.68 Å². The van der Waals surface area contributed by atoms with E-state index in [2.05, 4.69) is 15.3 Å². The van der Waals surface area contributed by atoms with E-state index < -0.39 is 0 Å². The maximum Gasteiger partial charge on any atom is 0.272 e. The maximum atomic E-state index is 12.8. The van der Waals surface area contributed by atoms with Gasteiger partial charge in [0.05, 0.1) is 30.8 Å². The van der Waals surface area contributed by atoms with Crippen molar-refractivity contribution in [2.75, 3.05) is 26.3 Å². The lowest BCUT2D eigenvalue weighted by Crippen LogP contribution is -2.52. The van der Waals surface area contributed by atoms with Gasteiger partial charge in [0.25, 0.3) is 5.91 Å². The van der Waals surface area contributed by atoms with Gasteiger partial charge in [0.1, 0.15) is 0 Å². The smallest absolute Gasteiger partial charge is 0.272 e. The van der Waals surface area contributed by atoms with Crippen molar-refractivity contribution in [3.8, 4) is 0 Å². The topological polar surface area (TPSA) is 59.4 Å². The van der Waals surface area contributed by atoms with Gasteiger partial charge >= 0.3 is 0 Å². The Bertz CT molecular complexity index is 736. The highest BCUT2D eigenvalue weighted by Crippen LogP contribution is 2.21. The minimum absolute atomic E-state index is 0.0383. The zero-order valence-corrected chi connectivity index (χ0v) is 14.1. The Morgan fingerprint density at radius 3 is 2.83 bits per heavy atom. The molecule has 1 aromatic heterocycles. The van der Waals surface area contributed by atoms with Crippen molar-refractivity contribution in [3.05, 3.63) is 30.0 Å². The Morgan fingerprint density at radius 2 is 2.00 bits per heavy atom. The SMILES string of the molecule is Cn1nc(C(=O)N[C@@H]2COC[C@H]2N2CCCCC2)c2ccccc21. The van der Waals surface area contributed by atoms with E-state index >= 15 is 0 Å². The second kappa shape index (κ2) is 6.53. The van der Waals surface area contributed by atoms with Crippen molar-refractivity contribution in [1.82, 2.24) is 20.0 Å². The van der Waals surface area contributed by atoms with Gasteiger partial charge < -0.3 is 10.1 Å². The Balaban J connectivity index is 1.52. The van der Waals surface area contributed by atoms with Crippen LogP contribution < -0.4 is 5.32 Å². The van der Waals surface area contributed by atoms with Gasteiger partial charge in [-0.2, -0.15) is 5.10 Å². The number of hydrogen-bond donors (Lipinski definition) is 1. The van der Waals surface area contributed by atoms with Crippen LogP contribution in [0.5, 0.6) is 0 Å². The minimum atomic E-state index is -0.107. The van der Waals surface area contributed by atoms with E-state index in [0.29, 0.717) is 18.9 Å². The van der Waals surface area contributed by atoms with Crippen molar-refractivity contribution in [1.29, 1.82) is 0 Å². The van der Waals surface area contributed by atoms with Crippen LogP contribution >= 0.6 is 0 Å². The van der Waals surface area contributed by atoms with Crippen molar-refractivity contribution >= 4 is 16.8 Å². The zero-order chi connectivity index (χ0) is 16.5. The quantitative estimate of drug-likeness (QED) is 0.929. The van der Waals surface area contributed by atoms with Gasteiger partial charge in [-0.05, 0) is 32.0 Å². The van der Waals surface area contributed by atoms with Gasteiger partial charge in [-0.1, -0.05) is 24.6 Å². The first-order chi connectivity index (χ1) is 11.7. The molecule has 0 saturated carbocycles. The van der Waals surface area contributed by atoms with Crippen molar-refractivity contribution in [2.45, 2.75) is 31.3 Å². The summed E-state index contributed by atoms with van der Waals surface area (Å²) in [5.74, 6) is -0.107. The number of benzene rings is 1. The number of para-hydroxylation sites is 1.